The van der Waals surface area contributed by atoms with Crippen molar-refractivity contribution in [2.45, 2.75) is 46.2 Å². The average Bonchev–Trinajstić information content (AvgIpc) is 2.32. The number of aromatic nitrogens is 2. The highest BCUT2D eigenvalue weighted by molar-refractivity contribution is 14.1. The van der Waals surface area contributed by atoms with Gasteiger partial charge >= 0.3 is 0 Å². The van der Waals surface area contributed by atoms with Crippen LogP contribution in [0.5, 0.6) is 0 Å². The molecule has 5 heteroatoms. The number of nitrogens with one attached hydrogen (secondary N) is 1. The molecule has 0 aromatic carbocycles. The van der Waals surface area contributed by atoms with Crippen LogP contribution in [0, 0.1) is 9.49 Å². The molecule has 0 aliphatic rings. The Balaban J connectivity index is 2.33. The fourth-order valence-corrected chi connectivity index (χ4v) is 2.17. The maximum Gasteiger partial charge on any atom is 0.266 e. The van der Waals surface area contributed by atoms with Gasteiger partial charge in [0.1, 0.15) is 0 Å². The molecule has 1 rings (SSSR count). The number of halogens is 1. The third-order valence-corrected chi connectivity index (χ3v) is 3.62. The molecule has 0 amide bonds. The Bertz CT molecular complexity index is 417. The Labute approximate surface area is 122 Å². The quantitative estimate of drug-likeness (QED) is 0.756. The summed E-state index contributed by atoms with van der Waals surface area (Å²) in [6.07, 6.45) is 5.61. The highest BCUT2D eigenvalue weighted by Gasteiger charge is 2.04. The molecule has 0 radical (unpaired) electrons. The molecular formula is C13H22IN3O. The second-order valence-corrected chi connectivity index (χ2v) is 6.23. The van der Waals surface area contributed by atoms with Gasteiger partial charge in [-0.15, -0.1) is 0 Å². The van der Waals surface area contributed by atoms with Gasteiger partial charge in [0, 0.05) is 25.3 Å². The van der Waals surface area contributed by atoms with Crippen molar-refractivity contribution < 1.29 is 0 Å². The van der Waals surface area contributed by atoms with Crippen LogP contribution in [0.3, 0.4) is 0 Å². The molecule has 1 aromatic rings. The monoisotopic (exact) mass is 363 g/mol. The molecule has 1 N–H and O–H groups in total. The van der Waals surface area contributed by atoms with Gasteiger partial charge in [0.25, 0.3) is 5.56 Å². The van der Waals surface area contributed by atoms with Gasteiger partial charge in [0.15, 0.2) is 0 Å². The van der Waals surface area contributed by atoms with E-state index in [1.54, 1.807) is 17.1 Å². The van der Waals surface area contributed by atoms with Crippen LogP contribution in [0.1, 0.15) is 33.6 Å². The predicted molar refractivity (Wildman–Crippen MR) is 82.8 cm³/mol. The second-order valence-electron chi connectivity index (χ2n) is 5.07. The summed E-state index contributed by atoms with van der Waals surface area (Å²) in [7, 11) is 0. The average molecular weight is 363 g/mol. The van der Waals surface area contributed by atoms with Crippen molar-refractivity contribution in [3.63, 3.8) is 0 Å². The summed E-state index contributed by atoms with van der Waals surface area (Å²) < 4.78 is 2.33. The van der Waals surface area contributed by atoms with Crippen LogP contribution >= 0.6 is 22.6 Å². The van der Waals surface area contributed by atoms with Crippen LogP contribution in [0.4, 0.5) is 0 Å². The van der Waals surface area contributed by atoms with Gasteiger partial charge in [-0.1, -0.05) is 13.8 Å². The standard InChI is InChI=1S/C13H22IN3O/c1-10(2)4-5-11(3)16-6-7-17-9-15-8-12(14)13(17)18/h8-11,16H,4-7H2,1-3H3. The van der Waals surface area contributed by atoms with Crippen molar-refractivity contribution in [2.75, 3.05) is 6.54 Å². The summed E-state index contributed by atoms with van der Waals surface area (Å²) in [5.41, 5.74) is 0.0437. The van der Waals surface area contributed by atoms with Crippen LogP contribution in [0.2, 0.25) is 0 Å². The lowest BCUT2D eigenvalue weighted by Crippen LogP contribution is -2.33. The third-order valence-electron chi connectivity index (χ3n) is 2.88. The number of nitrogens with zero attached hydrogens (tertiary/aromatic N) is 2. The summed E-state index contributed by atoms with van der Waals surface area (Å²) in [6.45, 7) is 8.15. The van der Waals surface area contributed by atoms with Crippen molar-refractivity contribution in [3.8, 4) is 0 Å². The van der Waals surface area contributed by atoms with Crippen LogP contribution in [0.25, 0.3) is 0 Å². The van der Waals surface area contributed by atoms with Gasteiger partial charge in [-0.3, -0.25) is 9.36 Å². The number of rotatable bonds is 7. The van der Waals surface area contributed by atoms with E-state index >= 15 is 0 Å². The van der Waals surface area contributed by atoms with E-state index < -0.39 is 0 Å². The third kappa shape index (κ3) is 5.48. The van der Waals surface area contributed by atoms with Crippen molar-refractivity contribution in [3.05, 3.63) is 26.4 Å². The molecule has 0 spiro atoms. The predicted octanol–water partition coefficient (Wildman–Crippen LogP) is 2.26. The smallest absolute Gasteiger partial charge is 0.266 e. The first kappa shape index (κ1) is 15.6. The highest BCUT2D eigenvalue weighted by Crippen LogP contribution is 2.06. The largest absolute Gasteiger partial charge is 0.312 e. The Morgan fingerprint density at radius 3 is 2.78 bits per heavy atom. The van der Waals surface area contributed by atoms with E-state index in [-0.39, 0.29) is 5.56 Å². The van der Waals surface area contributed by atoms with Gasteiger partial charge in [-0.05, 0) is 48.3 Å². The fourth-order valence-electron chi connectivity index (χ4n) is 1.70. The van der Waals surface area contributed by atoms with E-state index in [9.17, 15) is 4.79 Å². The molecule has 1 aromatic heterocycles. The van der Waals surface area contributed by atoms with Gasteiger partial charge < -0.3 is 5.32 Å². The molecule has 102 valence electrons. The first-order valence-corrected chi connectivity index (χ1v) is 7.52. The molecule has 1 heterocycles. The van der Waals surface area contributed by atoms with Crippen molar-refractivity contribution in [1.29, 1.82) is 0 Å². The molecule has 1 unspecified atom stereocenters. The SMILES string of the molecule is CC(C)CCC(C)NCCn1cncc(I)c1=O. The van der Waals surface area contributed by atoms with Gasteiger partial charge in [-0.25, -0.2) is 4.98 Å². The molecule has 4 nitrogen and oxygen atoms in total. The van der Waals surface area contributed by atoms with Crippen LogP contribution in [0.15, 0.2) is 17.3 Å². The van der Waals surface area contributed by atoms with Crippen LogP contribution in [-0.4, -0.2) is 22.1 Å². The van der Waals surface area contributed by atoms with E-state index in [0.717, 1.165) is 12.5 Å². The molecule has 0 bridgehead atoms. The lowest BCUT2D eigenvalue weighted by molar-refractivity contribution is 0.438. The van der Waals surface area contributed by atoms with E-state index in [1.165, 1.54) is 12.8 Å². The minimum absolute atomic E-state index is 0.0437. The van der Waals surface area contributed by atoms with Gasteiger partial charge in [0.2, 0.25) is 0 Å². The number of hydrogen-bond donors (Lipinski definition) is 1. The number of hydrogen-bond acceptors (Lipinski definition) is 3. The first-order chi connectivity index (χ1) is 8.50. The normalized spacial score (nSPS) is 12.9. The topological polar surface area (TPSA) is 46.9 Å². The molecule has 0 saturated heterocycles. The lowest BCUT2D eigenvalue weighted by Gasteiger charge is -2.15. The molecular weight excluding hydrogens is 341 g/mol. The van der Waals surface area contributed by atoms with E-state index in [4.69, 9.17) is 0 Å². The summed E-state index contributed by atoms with van der Waals surface area (Å²) in [4.78, 5) is 15.8. The highest BCUT2D eigenvalue weighted by atomic mass is 127. The minimum Gasteiger partial charge on any atom is -0.312 e. The molecule has 0 fully saturated rings. The Hall–Kier alpha value is -0.430. The summed E-state index contributed by atoms with van der Waals surface area (Å²) in [5.74, 6) is 0.747. The van der Waals surface area contributed by atoms with E-state index in [1.807, 2.05) is 22.6 Å². The summed E-state index contributed by atoms with van der Waals surface area (Å²) >= 11 is 2.02. The Kier molecular flexibility index (Phi) is 6.85. The van der Waals surface area contributed by atoms with Gasteiger partial charge in [-0.2, -0.15) is 0 Å². The van der Waals surface area contributed by atoms with E-state index in [2.05, 4.69) is 31.1 Å². The fraction of sp³-hybridized carbons (Fsp3) is 0.692. The summed E-state index contributed by atoms with van der Waals surface area (Å²) in [6, 6.07) is 0.499. The summed E-state index contributed by atoms with van der Waals surface area (Å²) in [5, 5.41) is 3.44. The zero-order valence-electron chi connectivity index (χ0n) is 11.3. The van der Waals surface area contributed by atoms with Crippen molar-refractivity contribution in [1.82, 2.24) is 14.9 Å². The van der Waals surface area contributed by atoms with Crippen LogP contribution < -0.4 is 10.9 Å². The molecule has 1 atom stereocenters. The molecule has 18 heavy (non-hydrogen) atoms. The lowest BCUT2D eigenvalue weighted by atomic mass is 10.0. The second kappa shape index (κ2) is 7.89. The zero-order chi connectivity index (χ0) is 13.5. The van der Waals surface area contributed by atoms with Crippen molar-refractivity contribution in [2.24, 2.45) is 5.92 Å². The minimum atomic E-state index is 0.0437. The maximum atomic E-state index is 11.7. The zero-order valence-corrected chi connectivity index (χ0v) is 13.5. The first-order valence-electron chi connectivity index (χ1n) is 6.44. The van der Waals surface area contributed by atoms with Gasteiger partial charge in [0.05, 0.1) is 9.90 Å². The Morgan fingerprint density at radius 2 is 2.11 bits per heavy atom. The van der Waals surface area contributed by atoms with E-state index in [0.29, 0.717) is 16.2 Å². The molecule has 0 saturated carbocycles. The van der Waals surface area contributed by atoms with Crippen molar-refractivity contribution >= 4 is 22.6 Å². The maximum absolute atomic E-state index is 11.7. The molecule has 0 aliphatic carbocycles. The van der Waals surface area contributed by atoms with Crippen LogP contribution in [-0.2, 0) is 6.54 Å². The Morgan fingerprint density at radius 1 is 1.39 bits per heavy atom. The molecule has 0 aliphatic heterocycles.